The summed E-state index contributed by atoms with van der Waals surface area (Å²) in [6, 6.07) is 0. The van der Waals surface area contributed by atoms with E-state index in [0.717, 1.165) is 0 Å². The maximum Gasteiger partial charge on any atom is 0.227 e. The van der Waals surface area contributed by atoms with Crippen LogP contribution in [0.2, 0.25) is 0 Å². The summed E-state index contributed by atoms with van der Waals surface area (Å²) in [5.41, 5.74) is 5.70. The van der Waals surface area contributed by atoms with Crippen LogP contribution in [0.5, 0.6) is 0 Å². The minimum atomic E-state index is -0.376. The molecule has 0 fully saturated rings. The molecular weight excluding hydrogens is 190 g/mol. The summed E-state index contributed by atoms with van der Waals surface area (Å²) in [4.78, 5) is 14.5. The second-order valence-corrected chi connectivity index (χ2v) is 3.45. The number of imidazole rings is 1. The van der Waals surface area contributed by atoms with Crippen LogP contribution >= 0.6 is 11.8 Å². The zero-order chi connectivity index (χ0) is 9.84. The zero-order valence-electron chi connectivity index (χ0n) is 7.23. The molecule has 1 aromatic rings. The average Bonchev–Trinajstić information content (AvgIpc) is 2.43. The Morgan fingerprint density at radius 1 is 1.85 bits per heavy atom. The van der Waals surface area contributed by atoms with Gasteiger partial charge in [0.05, 0.1) is 24.3 Å². The first-order chi connectivity index (χ1) is 6.15. The average molecular weight is 201 g/mol. The molecule has 0 bridgehead atoms. The third-order valence-corrected chi connectivity index (χ3v) is 2.61. The molecule has 0 atom stereocenters. The minimum Gasteiger partial charge on any atom is -0.390 e. The number of aromatic nitrogens is 2. The lowest BCUT2D eigenvalue weighted by Crippen LogP contribution is -2.13. The van der Waals surface area contributed by atoms with Crippen LogP contribution in [0.3, 0.4) is 0 Å². The number of hydrogen-bond acceptors (Lipinski definition) is 4. The van der Waals surface area contributed by atoms with Gasteiger partial charge < -0.3 is 15.4 Å². The molecule has 0 saturated heterocycles. The Balaban J connectivity index is 2.67. The number of carbonyl (C=O) groups is 1. The number of nitrogens with zero attached hydrogens (tertiary/aromatic N) is 2. The monoisotopic (exact) mass is 201 g/mol. The predicted molar refractivity (Wildman–Crippen MR) is 49.0 cm³/mol. The summed E-state index contributed by atoms with van der Waals surface area (Å²) in [7, 11) is 1.78. The molecule has 0 aliphatic heterocycles. The highest BCUT2D eigenvalue weighted by Crippen LogP contribution is 2.16. The van der Waals surface area contributed by atoms with Crippen LogP contribution in [0.15, 0.2) is 11.4 Å². The third-order valence-electron chi connectivity index (χ3n) is 1.55. The Hall–Kier alpha value is -1.01. The van der Waals surface area contributed by atoms with E-state index in [-0.39, 0.29) is 18.3 Å². The van der Waals surface area contributed by atoms with Crippen LogP contribution in [-0.4, -0.2) is 26.3 Å². The Morgan fingerprint density at radius 3 is 3.00 bits per heavy atom. The number of aliphatic hydroxyl groups excluding tert-OH is 1. The smallest absolute Gasteiger partial charge is 0.227 e. The Morgan fingerprint density at radius 2 is 2.54 bits per heavy atom. The molecular formula is C7H11N3O2S. The molecule has 3 N–H and O–H groups in total. The highest BCUT2D eigenvalue weighted by molar-refractivity contribution is 7.99. The van der Waals surface area contributed by atoms with Crippen LogP contribution in [0, 0.1) is 0 Å². The van der Waals surface area contributed by atoms with Crippen molar-refractivity contribution >= 4 is 17.7 Å². The van der Waals surface area contributed by atoms with Crippen molar-refractivity contribution in [2.75, 3.05) is 5.75 Å². The van der Waals surface area contributed by atoms with E-state index in [1.807, 2.05) is 0 Å². The molecule has 0 radical (unpaired) electrons. The summed E-state index contributed by atoms with van der Waals surface area (Å²) >= 11 is 1.26. The number of nitrogens with two attached hydrogens (primary N) is 1. The van der Waals surface area contributed by atoms with Gasteiger partial charge in [0.1, 0.15) is 0 Å². The van der Waals surface area contributed by atoms with E-state index in [0.29, 0.717) is 10.9 Å². The topological polar surface area (TPSA) is 81.1 Å². The van der Waals surface area contributed by atoms with E-state index in [9.17, 15) is 4.79 Å². The van der Waals surface area contributed by atoms with Crippen molar-refractivity contribution in [2.45, 2.75) is 11.8 Å². The fraction of sp³-hybridized carbons (Fsp3) is 0.429. The molecule has 72 valence electrons. The molecule has 0 aliphatic rings. The third kappa shape index (κ3) is 2.46. The Kier molecular flexibility index (Phi) is 3.32. The van der Waals surface area contributed by atoms with Crippen molar-refractivity contribution in [2.24, 2.45) is 12.8 Å². The molecule has 1 aromatic heterocycles. The molecule has 13 heavy (non-hydrogen) atoms. The largest absolute Gasteiger partial charge is 0.390 e. The van der Waals surface area contributed by atoms with Crippen LogP contribution in [-0.2, 0) is 18.4 Å². The van der Waals surface area contributed by atoms with Gasteiger partial charge in [0.25, 0.3) is 0 Å². The van der Waals surface area contributed by atoms with Gasteiger partial charge in [0, 0.05) is 7.05 Å². The first-order valence-corrected chi connectivity index (χ1v) is 4.66. The van der Waals surface area contributed by atoms with Gasteiger partial charge in [-0.2, -0.15) is 0 Å². The van der Waals surface area contributed by atoms with E-state index in [1.165, 1.54) is 11.8 Å². The number of primary amides is 1. The predicted octanol–water partition coefficient (Wildman–Crippen LogP) is -0.510. The molecule has 6 heteroatoms. The number of amides is 1. The van der Waals surface area contributed by atoms with Gasteiger partial charge in [-0.25, -0.2) is 4.98 Å². The molecule has 0 aliphatic carbocycles. The van der Waals surface area contributed by atoms with Crippen LogP contribution in [0.25, 0.3) is 0 Å². The van der Waals surface area contributed by atoms with Crippen LogP contribution < -0.4 is 5.73 Å². The molecule has 0 saturated carbocycles. The van der Waals surface area contributed by atoms with Crippen molar-refractivity contribution in [1.82, 2.24) is 9.55 Å². The lowest BCUT2D eigenvalue weighted by atomic mass is 10.5. The number of hydrogen-bond donors (Lipinski definition) is 2. The Labute approximate surface area is 79.9 Å². The van der Waals surface area contributed by atoms with Gasteiger partial charge in [-0.1, -0.05) is 11.8 Å². The maximum absolute atomic E-state index is 10.5. The molecule has 0 aromatic carbocycles. The molecule has 1 amide bonds. The van der Waals surface area contributed by atoms with E-state index in [1.54, 1.807) is 17.8 Å². The molecule has 1 rings (SSSR count). The maximum atomic E-state index is 10.5. The molecule has 5 nitrogen and oxygen atoms in total. The summed E-state index contributed by atoms with van der Waals surface area (Å²) in [5.74, 6) is -0.172. The van der Waals surface area contributed by atoms with Crippen molar-refractivity contribution in [3.8, 4) is 0 Å². The first-order valence-electron chi connectivity index (χ1n) is 3.67. The molecule has 0 spiro atoms. The minimum absolute atomic E-state index is 0.0549. The van der Waals surface area contributed by atoms with E-state index in [4.69, 9.17) is 10.8 Å². The number of carbonyl (C=O) groups excluding carboxylic acids is 1. The standard InChI is InChI=1S/C7H11N3O2S/c1-10-5(3-11)2-9-7(10)13-4-6(8)12/h2,11H,3-4H2,1H3,(H2,8,12). The Bertz CT molecular complexity index is 311. The fourth-order valence-corrected chi connectivity index (χ4v) is 1.55. The van der Waals surface area contributed by atoms with E-state index in [2.05, 4.69) is 4.98 Å². The van der Waals surface area contributed by atoms with Crippen LogP contribution in [0.1, 0.15) is 5.69 Å². The second kappa shape index (κ2) is 4.29. The first kappa shape index (κ1) is 10.1. The van der Waals surface area contributed by atoms with Crippen molar-refractivity contribution in [1.29, 1.82) is 0 Å². The van der Waals surface area contributed by atoms with Gasteiger partial charge in [-0.05, 0) is 0 Å². The quantitative estimate of drug-likeness (QED) is 0.643. The lowest BCUT2D eigenvalue weighted by molar-refractivity contribution is -0.115. The molecule has 1 heterocycles. The highest BCUT2D eigenvalue weighted by Gasteiger charge is 2.06. The van der Waals surface area contributed by atoms with Crippen molar-refractivity contribution in [3.63, 3.8) is 0 Å². The van der Waals surface area contributed by atoms with E-state index >= 15 is 0 Å². The SMILES string of the molecule is Cn1c(CO)cnc1SCC(N)=O. The van der Waals surface area contributed by atoms with Gasteiger partial charge >= 0.3 is 0 Å². The second-order valence-electron chi connectivity index (χ2n) is 2.50. The number of aliphatic hydroxyl groups is 1. The zero-order valence-corrected chi connectivity index (χ0v) is 8.04. The van der Waals surface area contributed by atoms with Gasteiger partial charge in [-0.3, -0.25) is 4.79 Å². The lowest BCUT2D eigenvalue weighted by Gasteiger charge is -2.01. The normalized spacial score (nSPS) is 10.3. The number of thioether (sulfide) groups is 1. The fourth-order valence-electron chi connectivity index (χ4n) is 0.842. The summed E-state index contributed by atoms with van der Waals surface area (Å²) in [6.45, 7) is -0.0549. The summed E-state index contributed by atoms with van der Waals surface area (Å²) < 4.78 is 1.73. The number of rotatable bonds is 4. The van der Waals surface area contributed by atoms with Gasteiger partial charge in [0.2, 0.25) is 5.91 Å². The summed E-state index contributed by atoms with van der Waals surface area (Å²) in [6.07, 6.45) is 1.57. The van der Waals surface area contributed by atoms with Gasteiger partial charge in [0.15, 0.2) is 5.16 Å². The summed E-state index contributed by atoms with van der Waals surface area (Å²) in [5, 5.41) is 9.53. The van der Waals surface area contributed by atoms with Crippen molar-refractivity contribution < 1.29 is 9.90 Å². The molecule has 0 unspecified atom stereocenters. The van der Waals surface area contributed by atoms with Crippen LogP contribution in [0.4, 0.5) is 0 Å². The van der Waals surface area contributed by atoms with Crippen molar-refractivity contribution in [3.05, 3.63) is 11.9 Å². The van der Waals surface area contributed by atoms with Gasteiger partial charge in [-0.15, -0.1) is 0 Å². The van der Waals surface area contributed by atoms with E-state index < -0.39 is 0 Å². The highest BCUT2D eigenvalue weighted by atomic mass is 32.2.